The Bertz CT molecular complexity index is 716. The average Bonchev–Trinajstić information content (AvgIpc) is 2.96. The van der Waals surface area contributed by atoms with E-state index < -0.39 is 15.6 Å². The van der Waals surface area contributed by atoms with Crippen LogP contribution in [-0.4, -0.2) is 31.1 Å². The molecule has 0 spiro atoms. The molecule has 0 bridgehead atoms. The molecule has 0 saturated heterocycles. The van der Waals surface area contributed by atoms with Crippen LogP contribution < -0.4 is 4.74 Å². The lowest BCUT2D eigenvalue weighted by Crippen LogP contribution is -2.23. The van der Waals surface area contributed by atoms with E-state index in [1.165, 1.54) is 56.1 Å². The normalized spacial score (nSPS) is 11.7. The van der Waals surface area contributed by atoms with Crippen molar-refractivity contribution in [1.82, 2.24) is 0 Å². The fourth-order valence-corrected chi connectivity index (χ4v) is 2.59. The lowest BCUT2D eigenvalue weighted by molar-refractivity contribution is -0.846. The second-order valence-electron chi connectivity index (χ2n) is 6.95. The van der Waals surface area contributed by atoms with E-state index in [9.17, 15) is 18.0 Å². The highest BCUT2D eigenvalue weighted by molar-refractivity contribution is 7.86. The Labute approximate surface area is 176 Å². The predicted molar refractivity (Wildman–Crippen MR) is 102 cm³/mol. The van der Waals surface area contributed by atoms with Crippen molar-refractivity contribution in [3.05, 3.63) is 17.5 Å². The summed E-state index contributed by atoms with van der Waals surface area (Å²) in [5.41, 5.74) is -5.12. The molecule has 0 unspecified atom stereocenters. The van der Waals surface area contributed by atoms with E-state index in [0.717, 1.165) is 12.8 Å². The molecule has 0 aromatic carbocycles. The predicted octanol–water partition coefficient (Wildman–Crippen LogP) is 4.54. The summed E-state index contributed by atoms with van der Waals surface area (Å²) in [6.45, 7) is 4.53. The highest BCUT2D eigenvalue weighted by atomic mass is 32.2. The third kappa shape index (κ3) is 12.8. The van der Waals surface area contributed by atoms with Crippen LogP contribution in [0.25, 0.3) is 0 Å². The number of esters is 1. The second-order valence-corrected chi connectivity index (χ2v) is 8.33. The number of unbranched alkanes of at least 4 members (excludes halogenated alkanes) is 9. The average molecular weight is 460 g/mol. The van der Waals surface area contributed by atoms with Gasteiger partial charge in [-0.05, 0) is 11.2 Å². The van der Waals surface area contributed by atoms with E-state index in [0.29, 0.717) is 17.9 Å². The molecule has 11 heteroatoms. The van der Waals surface area contributed by atoms with Crippen LogP contribution >= 0.6 is 0 Å². The maximum absolute atomic E-state index is 11.8. The van der Waals surface area contributed by atoms with Gasteiger partial charge in [0.05, 0.1) is 6.61 Å². The zero-order chi connectivity index (χ0) is 23.2. The Kier molecular flexibility index (Phi) is 13.6. The summed E-state index contributed by atoms with van der Waals surface area (Å²) in [6, 6.07) is 0. The second kappa shape index (κ2) is 14.4. The number of hydrogen-bond acceptors (Lipinski definition) is 6. The summed E-state index contributed by atoms with van der Waals surface area (Å²) in [6.07, 6.45) is 14.5. The van der Waals surface area contributed by atoms with Crippen LogP contribution in [0.1, 0.15) is 87.3 Å². The van der Waals surface area contributed by atoms with Crippen LogP contribution in [0.3, 0.4) is 0 Å². The van der Waals surface area contributed by atoms with Gasteiger partial charge in [-0.25, -0.2) is 17.7 Å². The fourth-order valence-electron chi connectivity index (χ4n) is 2.59. The lowest BCUT2D eigenvalue weighted by atomic mass is 10.1. The van der Waals surface area contributed by atoms with Crippen LogP contribution in [-0.2, 0) is 21.9 Å². The maximum Gasteiger partial charge on any atom is 0.485 e. The van der Waals surface area contributed by atoms with Gasteiger partial charge in [-0.1, -0.05) is 64.7 Å². The summed E-state index contributed by atoms with van der Waals surface area (Å²) in [5, 5.41) is 0. The van der Waals surface area contributed by atoms with Crippen LogP contribution in [0.5, 0.6) is 0 Å². The molecular formula is C19H32F3NO6S. The molecule has 1 aromatic rings. The third-order valence-electron chi connectivity index (χ3n) is 4.21. The number of ether oxygens (including phenoxy) is 1. The van der Waals surface area contributed by atoms with Gasteiger partial charge in [0.1, 0.15) is 0 Å². The molecule has 0 N–H and O–H groups in total. The van der Waals surface area contributed by atoms with E-state index in [1.54, 1.807) is 20.2 Å². The highest BCUT2D eigenvalue weighted by Gasteiger charge is 2.36. The minimum Gasteiger partial charge on any atom is -0.741 e. The molecular weight excluding hydrogens is 427 g/mol. The molecule has 0 fully saturated rings. The van der Waals surface area contributed by atoms with E-state index in [1.807, 2.05) is 0 Å². The topological polar surface area (TPSA) is 101 Å². The van der Waals surface area contributed by atoms with Crippen molar-refractivity contribution in [2.75, 3.05) is 6.61 Å². The lowest BCUT2D eigenvalue weighted by Gasteiger charge is -2.08. The summed E-state index contributed by atoms with van der Waals surface area (Å²) < 4.78 is 71.0. The van der Waals surface area contributed by atoms with Gasteiger partial charge in [0, 0.05) is 6.92 Å². The molecule has 0 aliphatic heterocycles. The minimum absolute atomic E-state index is 0.280. The molecule has 1 aromatic heterocycles. The summed E-state index contributed by atoms with van der Waals surface area (Å²) in [4.78, 5) is 11.8. The number of carbonyl (C=O) groups excluding carboxylic acids is 1. The first-order valence-electron chi connectivity index (χ1n) is 10.1. The zero-order valence-electron chi connectivity index (χ0n) is 17.8. The quantitative estimate of drug-likeness (QED) is 0.150. The molecule has 1 rings (SSSR count). The first-order chi connectivity index (χ1) is 13.9. The van der Waals surface area contributed by atoms with Crippen molar-refractivity contribution in [1.29, 1.82) is 0 Å². The fraction of sp³-hybridized carbons (Fsp3) is 0.789. The monoisotopic (exact) mass is 459 g/mol. The largest absolute Gasteiger partial charge is 0.741 e. The SMILES string of the molecule is CCCCCCCCCCCCOC(=O)c1c[n+](C)oc1C.O=S(=O)([O-])C(F)(F)F. The van der Waals surface area contributed by atoms with Crippen molar-refractivity contribution >= 4 is 16.1 Å². The molecule has 1 heterocycles. The van der Waals surface area contributed by atoms with Gasteiger partial charge in [0.2, 0.25) is 6.20 Å². The van der Waals surface area contributed by atoms with Gasteiger partial charge >= 0.3 is 11.5 Å². The van der Waals surface area contributed by atoms with E-state index in [-0.39, 0.29) is 5.97 Å². The molecule has 30 heavy (non-hydrogen) atoms. The first-order valence-corrected chi connectivity index (χ1v) is 11.5. The molecule has 176 valence electrons. The van der Waals surface area contributed by atoms with E-state index in [4.69, 9.17) is 22.2 Å². The number of alkyl halides is 3. The van der Waals surface area contributed by atoms with Gasteiger partial charge in [0.15, 0.2) is 28.5 Å². The van der Waals surface area contributed by atoms with Gasteiger partial charge in [-0.3, -0.25) is 0 Å². The Morgan fingerprint density at radius 3 is 1.87 bits per heavy atom. The number of halogens is 3. The van der Waals surface area contributed by atoms with Gasteiger partial charge in [-0.2, -0.15) is 13.2 Å². The van der Waals surface area contributed by atoms with E-state index >= 15 is 0 Å². The Balaban J connectivity index is 0.000000890. The van der Waals surface area contributed by atoms with Gasteiger partial charge in [-0.15, -0.1) is 0 Å². The van der Waals surface area contributed by atoms with Crippen LogP contribution in [0.15, 0.2) is 10.7 Å². The molecule has 0 radical (unpaired) electrons. The molecule has 0 atom stereocenters. The van der Waals surface area contributed by atoms with Crippen molar-refractivity contribution in [3.63, 3.8) is 0 Å². The molecule has 0 saturated carbocycles. The molecule has 7 nitrogen and oxygen atoms in total. The van der Waals surface area contributed by atoms with Gasteiger partial charge in [0.25, 0.3) is 0 Å². The van der Waals surface area contributed by atoms with Crippen LogP contribution in [0, 0.1) is 6.92 Å². The van der Waals surface area contributed by atoms with Gasteiger partial charge < -0.3 is 9.29 Å². The first kappa shape index (κ1) is 28.4. The highest BCUT2D eigenvalue weighted by Crippen LogP contribution is 2.20. The number of hydrogen-bond donors (Lipinski definition) is 0. The number of nitrogens with zero attached hydrogens (tertiary/aromatic N) is 1. The number of aryl methyl sites for hydroxylation is 2. The number of carbonyl (C=O) groups is 1. The van der Waals surface area contributed by atoms with E-state index in [2.05, 4.69) is 6.92 Å². The van der Waals surface area contributed by atoms with Crippen molar-refractivity contribution < 1.29 is 44.9 Å². The van der Waals surface area contributed by atoms with Crippen LogP contribution in [0.2, 0.25) is 0 Å². The molecule has 0 aliphatic rings. The summed E-state index contributed by atoms with van der Waals surface area (Å²) >= 11 is 0. The Morgan fingerprint density at radius 2 is 1.50 bits per heavy atom. The van der Waals surface area contributed by atoms with Crippen LogP contribution in [0.4, 0.5) is 13.2 Å². The Morgan fingerprint density at radius 1 is 1.07 bits per heavy atom. The Hall–Kier alpha value is -1.62. The molecule has 0 amide bonds. The van der Waals surface area contributed by atoms with Crippen molar-refractivity contribution in [2.24, 2.45) is 7.05 Å². The summed E-state index contributed by atoms with van der Waals surface area (Å²) in [7, 11) is -4.33. The number of aromatic nitrogens is 1. The molecule has 0 aliphatic carbocycles. The smallest absolute Gasteiger partial charge is 0.485 e. The summed E-state index contributed by atoms with van der Waals surface area (Å²) in [5.74, 6) is 0.327. The third-order valence-corrected chi connectivity index (χ3v) is 4.77. The number of rotatable bonds is 12. The minimum atomic E-state index is -6.09. The maximum atomic E-state index is 11.8. The standard InChI is InChI=1S/C18H32NO3.CHF3O3S/c1-4-5-6-7-8-9-10-11-12-13-14-21-18(20)17-15-19(3)22-16(17)2;2-1(3,4)8(5,6)7/h15H,4-14H2,1-3H3;(H,5,6,7)/q+1;/p-1. The zero-order valence-corrected chi connectivity index (χ0v) is 18.6. The van der Waals surface area contributed by atoms with Crippen molar-refractivity contribution in [3.8, 4) is 0 Å². The van der Waals surface area contributed by atoms with Crippen molar-refractivity contribution in [2.45, 2.75) is 83.6 Å².